The molecule has 1 aliphatic heterocycles. The SMILES string of the molecule is Cl.NCC1CCCN1C(=O)c1cnn(-c2ccc([N+](=O)[O-])cc2)c1. The lowest BCUT2D eigenvalue weighted by Gasteiger charge is -2.22. The Kier molecular flexibility index (Phi) is 5.53. The summed E-state index contributed by atoms with van der Waals surface area (Å²) < 4.78 is 1.53. The third kappa shape index (κ3) is 3.39. The average Bonchev–Trinajstić information content (AvgIpc) is 3.23. The average molecular weight is 352 g/mol. The molecule has 0 saturated carbocycles. The van der Waals surface area contributed by atoms with Crippen LogP contribution < -0.4 is 5.73 Å². The van der Waals surface area contributed by atoms with E-state index in [2.05, 4.69) is 5.10 Å². The Morgan fingerprint density at radius 1 is 1.38 bits per heavy atom. The van der Waals surface area contributed by atoms with Gasteiger partial charge in [-0.3, -0.25) is 14.9 Å². The lowest BCUT2D eigenvalue weighted by atomic mass is 10.2. The van der Waals surface area contributed by atoms with Crippen molar-refractivity contribution in [3.8, 4) is 5.69 Å². The van der Waals surface area contributed by atoms with Crippen molar-refractivity contribution in [3.63, 3.8) is 0 Å². The second-order valence-corrected chi connectivity index (χ2v) is 5.48. The summed E-state index contributed by atoms with van der Waals surface area (Å²) in [7, 11) is 0. The monoisotopic (exact) mass is 351 g/mol. The van der Waals surface area contributed by atoms with E-state index in [0.717, 1.165) is 12.8 Å². The number of nitro benzene ring substituents is 1. The van der Waals surface area contributed by atoms with Gasteiger partial charge in [0.2, 0.25) is 0 Å². The van der Waals surface area contributed by atoms with Gasteiger partial charge in [-0.05, 0) is 25.0 Å². The molecule has 24 heavy (non-hydrogen) atoms. The van der Waals surface area contributed by atoms with Gasteiger partial charge in [0.15, 0.2) is 0 Å². The van der Waals surface area contributed by atoms with Crippen LogP contribution in [0.5, 0.6) is 0 Å². The first kappa shape index (κ1) is 17.9. The molecule has 0 aliphatic carbocycles. The summed E-state index contributed by atoms with van der Waals surface area (Å²) >= 11 is 0. The third-order valence-corrected chi connectivity index (χ3v) is 4.06. The molecule has 1 unspecified atom stereocenters. The normalized spacial score (nSPS) is 16.7. The van der Waals surface area contributed by atoms with Crippen molar-refractivity contribution in [1.82, 2.24) is 14.7 Å². The van der Waals surface area contributed by atoms with Gasteiger partial charge in [-0.2, -0.15) is 5.10 Å². The number of nitrogens with two attached hydrogens (primary N) is 1. The number of amides is 1. The molecule has 1 aromatic heterocycles. The highest BCUT2D eigenvalue weighted by Gasteiger charge is 2.29. The van der Waals surface area contributed by atoms with Gasteiger partial charge in [0.05, 0.1) is 22.4 Å². The van der Waals surface area contributed by atoms with Crippen molar-refractivity contribution in [1.29, 1.82) is 0 Å². The number of benzene rings is 1. The summed E-state index contributed by atoms with van der Waals surface area (Å²) in [5.41, 5.74) is 6.87. The predicted molar refractivity (Wildman–Crippen MR) is 90.6 cm³/mol. The van der Waals surface area contributed by atoms with E-state index in [9.17, 15) is 14.9 Å². The molecule has 1 atom stereocenters. The summed E-state index contributed by atoms with van der Waals surface area (Å²) in [6.07, 6.45) is 5.04. The largest absolute Gasteiger partial charge is 0.334 e. The van der Waals surface area contributed by atoms with Gasteiger partial charge in [-0.15, -0.1) is 12.4 Å². The fraction of sp³-hybridized carbons (Fsp3) is 0.333. The highest BCUT2D eigenvalue weighted by Crippen LogP contribution is 2.20. The molecular formula is C15H18ClN5O3. The molecule has 1 saturated heterocycles. The molecule has 3 rings (SSSR count). The first-order valence-electron chi connectivity index (χ1n) is 7.40. The fourth-order valence-electron chi connectivity index (χ4n) is 2.82. The highest BCUT2D eigenvalue weighted by molar-refractivity contribution is 5.94. The smallest absolute Gasteiger partial charge is 0.269 e. The van der Waals surface area contributed by atoms with Crippen LogP contribution in [0.15, 0.2) is 36.7 Å². The molecule has 9 heteroatoms. The van der Waals surface area contributed by atoms with Crippen LogP contribution in [0.4, 0.5) is 5.69 Å². The Morgan fingerprint density at radius 2 is 2.08 bits per heavy atom. The van der Waals surface area contributed by atoms with Crippen molar-refractivity contribution >= 4 is 24.0 Å². The van der Waals surface area contributed by atoms with Gasteiger partial charge in [0.25, 0.3) is 11.6 Å². The summed E-state index contributed by atoms with van der Waals surface area (Å²) in [6.45, 7) is 1.17. The van der Waals surface area contributed by atoms with Crippen molar-refractivity contribution in [3.05, 3.63) is 52.3 Å². The van der Waals surface area contributed by atoms with Gasteiger partial charge in [0.1, 0.15) is 0 Å². The number of carbonyl (C=O) groups is 1. The summed E-state index contributed by atoms with van der Waals surface area (Å²) in [5.74, 6) is -0.0777. The van der Waals surface area contributed by atoms with Gasteiger partial charge in [0, 0.05) is 37.5 Å². The predicted octanol–water partition coefficient (Wildman–Crippen LogP) is 1.77. The van der Waals surface area contributed by atoms with Crippen molar-refractivity contribution < 1.29 is 9.72 Å². The number of hydrogen-bond donors (Lipinski definition) is 1. The topological polar surface area (TPSA) is 107 Å². The molecule has 1 amide bonds. The Balaban J connectivity index is 0.00000208. The Bertz CT molecular complexity index is 731. The van der Waals surface area contributed by atoms with Gasteiger partial charge in [-0.1, -0.05) is 0 Å². The van der Waals surface area contributed by atoms with E-state index >= 15 is 0 Å². The number of nitro groups is 1. The van der Waals surface area contributed by atoms with E-state index < -0.39 is 4.92 Å². The van der Waals surface area contributed by atoms with Gasteiger partial charge >= 0.3 is 0 Å². The fourth-order valence-corrected chi connectivity index (χ4v) is 2.82. The van der Waals surface area contributed by atoms with E-state index in [1.165, 1.54) is 23.0 Å². The van der Waals surface area contributed by atoms with E-state index in [-0.39, 0.29) is 30.0 Å². The molecular weight excluding hydrogens is 334 g/mol. The second kappa shape index (κ2) is 7.41. The van der Waals surface area contributed by atoms with Crippen LogP contribution >= 0.6 is 12.4 Å². The first-order chi connectivity index (χ1) is 11.1. The molecule has 128 valence electrons. The number of likely N-dealkylation sites (tertiary alicyclic amines) is 1. The minimum Gasteiger partial charge on any atom is -0.334 e. The van der Waals surface area contributed by atoms with E-state index in [4.69, 9.17) is 5.73 Å². The zero-order chi connectivity index (χ0) is 16.4. The van der Waals surface area contributed by atoms with Crippen molar-refractivity contribution in [2.45, 2.75) is 18.9 Å². The minimum atomic E-state index is -0.456. The molecule has 0 radical (unpaired) electrons. The van der Waals surface area contributed by atoms with Crippen molar-refractivity contribution in [2.24, 2.45) is 5.73 Å². The number of aromatic nitrogens is 2. The zero-order valence-corrected chi connectivity index (χ0v) is 13.7. The minimum absolute atomic E-state index is 0. The van der Waals surface area contributed by atoms with Crippen LogP contribution in [0.3, 0.4) is 0 Å². The number of nitrogens with zero attached hydrogens (tertiary/aromatic N) is 4. The zero-order valence-electron chi connectivity index (χ0n) is 12.9. The van der Waals surface area contributed by atoms with E-state index in [1.54, 1.807) is 23.2 Å². The quantitative estimate of drug-likeness (QED) is 0.667. The molecule has 2 aromatic rings. The molecule has 1 aromatic carbocycles. The molecule has 8 nitrogen and oxygen atoms in total. The lowest BCUT2D eigenvalue weighted by molar-refractivity contribution is -0.384. The van der Waals surface area contributed by atoms with Crippen LogP contribution in [0.2, 0.25) is 0 Å². The first-order valence-corrected chi connectivity index (χ1v) is 7.40. The maximum atomic E-state index is 12.5. The second-order valence-electron chi connectivity index (χ2n) is 5.48. The van der Waals surface area contributed by atoms with Crippen LogP contribution in [-0.4, -0.2) is 44.6 Å². The molecule has 1 fully saturated rings. The molecule has 1 aliphatic rings. The maximum absolute atomic E-state index is 12.5. The standard InChI is InChI=1S/C15H17N5O3.ClH/c16-8-14-2-1-7-18(14)15(21)11-9-17-19(10-11)12-3-5-13(6-4-12)20(22)23;/h3-6,9-10,14H,1-2,7-8,16H2;1H. The highest BCUT2D eigenvalue weighted by atomic mass is 35.5. The summed E-state index contributed by atoms with van der Waals surface area (Å²) in [6, 6.07) is 6.09. The van der Waals surface area contributed by atoms with E-state index in [0.29, 0.717) is 24.3 Å². The lowest BCUT2D eigenvalue weighted by Crippen LogP contribution is -2.39. The number of carbonyl (C=O) groups excluding carboxylic acids is 1. The third-order valence-electron chi connectivity index (χ3n) is 4.06. The molecule has 0 bridgehead atoms. The summed E-state index contributed by atoms with van der Waals surface area (Å²) in [4.78, 5) is 24.5. The Morgan fingerprint density at radius 3 is 2.71 bits per heavy atom. The van der Waals surface area contributed by atoms with Crippen LogP contribution in [0.1, 0.15) is 23.2 Å². The number of rotatable bonds is 4. The van der Waals surface area contributed by atoms with Crippen LogP contribution in [0, 0.1) is 10.1 Å². The number of non-ortho nitro benzene ring substituents is 1. The molecule has 2 N–H and O–H groups in total. The van der Waals surface area contributed by atoms with Crippen LogP contribution in [0.25, 0.3) is 5.69 Å². The summed E-state index contributed by atoms with van der Waals surface area (Å²) in [5, 5.41) is 14.8. The number of halogens is 1. The van der Waals surface area contributed by atoms with Crippen LogP contribution in [-0.2, 0) is 0 Å². The van der Waals surface area contributed by atoms with Crippen molar-refractivity contribution in [2.75, 3.05) is 13.1 Å². The Labute approximate surface area is 144 Å². The molecule has 0 spiro atoms. The number of hydrogen-bond acceptors (Lipinski definition) is 5. The van der Waals surface area contributed by atoms with E-state index in [1.807, 2.05) is 0 Å². The Hall–Kier alpha value is -2.45. The van der Waals surface area contributed by atoms with Gasteiger partial charge in [-0.25, -0.2) is 4.68 Å². The maximum Gasteiger partial charge on any atom is 0.269 e. The van der Waals surface area contributed by atoms with Gasteiger partial charge < -0.3 is 10.6 Å². The molecule has 2 heterocycles.